The average molecular weight is 442 g/mol. The van der Waals surface area contributed by atoms with Crippen LogP contribution in [0.2, 0.25) is 0 Å². The van der Waals surface area contributed by atoms with E-state index >= 15 is 0 Å². The first-order valence-electron chi connectivity index (χ1n) is 9.83. The van der Waals surface area contributed by atoms with Gasteiger partial charge in [-0.25, -0.2) is 4.39 Å². The van der Waals surface area contributed by atoms with E-state index < -0.39 is 0 Å². The molecule has 0 atom stereocenters. The molecule has 0 aliphatic carbocycles. The van der Waals surface area contributed by atoms with Crippen LogP contribution in [-0.4, -0.2) is 32.3 Å². The van der Waals surface area contributed by atoms with E-state index in [0.717, 1.165) is 16.8 Å². The van der Waals surface area contributed by atoms with Crippen LogP contribution in [-0.2, 0) is 22.6 Å². The molecule has 0 aliphatic heterocycles. The number of carbonyl (C=O) groups is 2. The van der Waals surface area contributed by atoms with Crippen LogP contribution in [0.25, 0.3) is 0 Å². The molecular formula is C22H24FN5O2S. The number of carbonyl (C=O) groups excluding carboxylic acids is 2. The first kappa shape index (κ1) is 22.5. The lowest BCUT2D eigenvalue weighted by Crippen LogP contribution is -2.18. The lowest BCUT2D eigenvalue weighted by Gasteiger charge is -2.10. The molecule has 2 amide bonds. The summed E-state index contributed by atoms with van der Waals surface area (Å²) in [4.78, 5) is 24.7. The number of aryl methyl sites for hydroxylation is 2. The van der Waals surface area contributed by atoms with Crippen molar-refractivity contribution in [3.05, 3.63) is 65.2 Å². The molecule has 7 nitrogen and oxygen atoms in total. The Kier molecular flexibility index (Phi) is 7.41. The first-order chi connectivity index (χ1) is 14.9. The highest BCUT2D eigenvalue weighted by Gasteiger charge is 2.16. The minimum Gasteiger partial charge on any atom is -0.326 e. The highest BCUT2D eigenvalue weighted by Crippen LogP contribution is 2.20. The van der Waals surface area contributed by atoms with E-state index in [4.69, 9.17) is 0 Å². The van der Waals surface area contributed by atoms with Gasteiger partial charge in [0.1, 0.15) is 11.6 Å². The second kappa shape index (κ2) is 10.2. The molecule has 0 aliphatic rings. The van der Waals surface area contributed by atoms with Crippen LogP contribution < -0.4 is 10.6 Å². The number of nitrogens with zero attached hydrogens (tertiary/aromatic N) is 3. The topological polar surface area (TPSA) is 88.9 Å². The summed E-state index contributed by atoms with van der Waals surface area (Å²) < 4.78 is 14.8. The molecule has 31 heavy (non-hydrogen) atoms. The van der Waals surface area contributed by atoms with Gasteiger partial charge in [-0.1, -0.05) is 23.9 Å². The van der Waals surface area contributed by atoms with Gasteiger partial charge in [-0.2, -0.15) is 0 Å². The Balaban J connectivity index is 1.59. The van der Waals surface area contributed by atoms with Gasteiger partial charge in [0.05, 0.1) is 12.2 Å². The third kappa shape index (κ3) is 6.14. The fraction of sp³-hybridized carbons (Fsp3) is 0.273. The zero-order valence-electron chi connectivity index (χ0n) is 17.6. The van der Waals surface area contributed by atoms with E-state index in [1.165, 1.54) is 36.0 Å². The number of hydrogen-bond donors (Lipinski definition) is 2. The lowest BCUT2D eigenvalue weighted by molar-refractivity contribution is -0.116. The second-order valence-corrected chi connectivity index (χ2v) is 7.97. The molecule has 0 spiro atoms. The number of hydrogen-bond acceptors (Lipinski definition) is 5. The molecule has 3 rings (SSSR count). The predicted octanol–water partition coefficient (Wildman–Crippen LogP) is 3.97. The van der Waals surface area contributed by atoms with Gasteiger partial charge < -0.3 is 15.2 Å². The maximum Gasteiger partial charge on any atom is 0.234 e. The second-order valence-electron chi connectivity index (χ2n) is 7.03. The predicted molar refractivity (Wildman–Crippen MR) is 120 cm³/mol. The molecule has 9 heteroatoms. The summed E-state index contributed by atoms with van der Waals surface area (Å²) in [6, 6.07) is 11.4. The summed E-state index contributed by atoms with van der Waals surface area (Å²) in [5, 5.41) is 14.4. The molecule has 0 saturated heterocycles. The smallest absolute Gasteiger partial charge is 0.234 e. The SMILES string of the molecule is CCn1c(CC(=O)Nc2ccc(F)cc2)nnc1SCC(=O)Nc1cc(C)ccc1C. The number of halogens is 1. The summed E-state index contributed by atoms with van der Waals surface area (Å²) in [6.45, 7) is 6.40. The fourth-order valence-electron chi connectivity index (χ4n) is 2.94. The quantitative estimate of drug-likeness (QED) is 0.517. The highest BCUT2D eigenvalue weighted by atomic mass is 32.2. The van der Waals surface area contributed by atoms with Gasteiger partial charge in [0, 0.05) is 17.9 Å². The highest BCUT2D eigenvalue weighted by molar-refractivity contribution is 7.99. The Bertz CT molecular complexity index is 1080. The molecule has 0 saturated carbocycles. The van der Waals surface area contributed by atoms with Crippen LogP contribution in [0.15, 0.2) is 47.6 Å². The molecule has 1 heterocycles. The molecule has 0 fully saturated rings. The number of amides is 2. The van der Waals surface area contributed by atoms with Crippen molar-refractivity contribution in [1.29, 1.82) is 0 Å². The minimum atomic E-state index is -0.369. The summed E-state index contributed by atoms with van der Waals surface area (Å²) in [6.07, 6.45) is 0.0213. The molecule has 2 aromatic carbocycles. The van der Waals surface area contributed by atoms with Crippen molar-refractivity contribution >= 4 is 35.0 Å². The number of anilines is 2. The van der Waals surface area contributed by atoms with Crippen molar-refractivity contribution in [1.82, 2.24) is 14.8 Å². The Morgan fingerprint density at radius 1 is 1.03 bits per heavy atom. The zero-order chi connectivity index (χ0) is 22.4. The van der Waals surface area contributed by atoms with E-state index in [9.17, 15) is 14.0 Å². The van der Waals surface area contributed by atoms with E-state index in [2.05, 4.69) is 20.8 Å². The van der Waals surface area contributed by atoms with Gasteiger partial charge in [0.2, 0.25) is 11.8 Å². The van der Waals surface area contributed by atoms with Gasteiger partial charge in [0.25, 0.3) is 0 Å². The first-order valence-corrected chi connectivity index (χ1v) is 10.8. The lowest BCUT2D eigenvalue weighted by atomic mass is 10.1. The van der Waals surface area contributed by atoms with E-state index in [-0.39, 0.29) is 29.8 Å². The molecule has 0 bridgehead atoms. The number of aromatic nitrogens is 3. The van der Waals surface area contributed by atoms with E-state index in [1.54, 1.807) is 4.57 Å². The van der Waals surface area contributed by atoms with Gasteiger partial charge in [-0.15, -0.1) is 10.2 Å². The normalized spacial score (nSPS) is 10.7. The van der Waals surface area contributed by atoms with Crippen LogP contribution in [0.5, 0.6) is 0 Å². The van der Waals surface area contributed by atoms with Crippen molar-refractivity contribution in [3.63, 3.8) is 0 Å². The zero-order valence-corrected chi connectivity index (χ0v) is 18.4. The number of nitrogens with one attached hydrogen (secondary N) is 2. The Labute approximate surface area is 184 Å². The molecule has 0 radical (unpaired) electrons. The number of rotatable bonds is 8. The largest absolute Gasteiger partial charge is 0.326 e. The maximum atomic E-state index is 13.0. The van der Waals surface area contributed by atoms with Crippen LogP contribution in [0.1, 0.15) is 23.9 Å². The molecule has 2 N–H and O–H groups in total. The van der Waals surface area contributed by atoms with Crippen LogP contribution in [0.3, 0.4) is 0 Å². The third-order valence-corrected chi connectivity index (χ3v) is 5.52. The van der Waals surface area contributed by atoms with Crippen LogP contribution in [0.4, 0.5) is 15.8 Å². The summed E-state index contributed by atoms with van der Waals surface area (Å²) in [5.41, 5.74) is 3.37. The Morgan fingerprint density at radius 3 is 2.48 bits per heavy atom. The Morgan fingerprint density at radius 2 is 1.77 bits per heavy atom. The molecule has 3 aromatic rings. The van der Waals surface area contributed by atoms with E-state index in [1.807, 2.05) is 39.0 Å². The van der Waals surface area contributed by atoms with Gasteiger partial charge in [-0.3, -0.25) is 9.59 Å². The minimum absolute atomic E-state index is 0.0213. The average Bonchev–Trinajstić information content (AvgIpc) is 3.12. The Hall–Kier alpha value is -3.20. The van der Waals surface area contributed by atoms with Gasteiger partial charge >= 0.3 is 0 Å². The summed E-state index contributed by atoms with van der Waals surface area (Å²) in [7, 11) is 0. The van der Waals surface area contributed by atoms with E-state index in [0.29, 0.717) is 23.2 Å². The van der Waals surface area contributed by atoms with Crippen LogP contribution in [0, 0.1) is 19.7 Å². The monoisotopic (exact) mass is 441 g/mol. The van der Waals surface area contributed by atoms with Crippen molar-refractivity contribution < 1.29 is 14.0 Å². The van der Waals surface area contributed by atoms with Crippen molar-refractivity contribution in [2.75, 3.05) is 16.4 Å². The number of thioether (sulfide) groups is 1. The molecule has 162 valence electrons. The summed E-state index contributed by atoms with van der Waals surface area (Å²) >= 11 is 1.27. The standard InChI is InChI=1S/C22H24FN5O2S/c1-4-28-19(12-20(29)24-17-9-7-16(23)8-10-17)26-27-22(28)31-13-21(30)25-18-11-14(2)5-6-15(18)3/h5-11H,4,12-13H2,1-3H3,(H,24,29)(H,25,30). The maximum absolute atomic E-state index is 13.0. The van der Waals surface area contributed by atoms with Gasteiger partial charge in [-0.05, 0) is 62.2 Å². The van der Waals surface area contributed by atoms with Crippen molar-refractivity contribution in [2.45, 2.75) is 38.9 Å². The van der Waals surface area contributed by atoms with Gasteiger partial charge in [0.15, 0.2) is 5.16 Å². The number of benzene rings is 2. The summed E-state index contributed by atoms with van der Waals surface area (Å²) in [5.74, 6) is -0.114. The molecule has 1 aromatic heterocycles. The van der Waals surface area contributed by atoms with Crippen molar-refractivity contribution in [2.24, 2.45) is 0 Å². The van der Waals surface area contributed by atoms with Crippen LogP contribution >= 0.6 is 11.8 Å². The molecule has 0 unspecified atom stereocenters. The third-order valence-electron chi connectivity index (χ3n) is 4.56. The fourth-order valence-corrected chi connectivity index (χ4v) is 3.76. The van der Waals surface area contributed by atoms with Crippen molar-refractivity contribution in [3.8, 4) is 0 Å². The molecular weight excluding hydrogens is 417 g/mol.